The van der Waals surface area contributed by atoms with E-state index in [2.05, 4.69) is 17.1 Å². The van der Waals surface area contributed by atoms with Crippen LogP contribution in [0.3, 0.4) is 0 Å². The van der Waals surface area contributed by atoms with Crippen LogP contribution in [0, 0.1) is 13.8 Å². The number of rotatable bonds is 11. The molecule has 0 heterocycles. The normalized spacial score (nSPS) is 11.2. The van der Waals surface area contributed by atoms with Gasteiger partial charge in [0, 0.05) is 0 Å². The van der Waals surface area contributed by atoms with Crippen LogP contribution in [0.15, 0.2) is 54.2 Å². The van der Waals surface area contributed by atoms with E-state index in [-0.39, 0.29) is 6.54 Å². The summed E-state index contributed by atoms with van der Waals surface area (Å²) in [5, 5.41) is 3.94. The Morgan fingerprint density at radius 1 is 1.19 bits per heavy atom. The third kappa shape index (κ3) is 6.84. The number of sulfonamides is 1. The van der Waals surface area contributed by atoms with Crippen molar-refractivity contribution in [1.82, 2.24) is 5.43 Å². The number of amides is 1. The monoisotopic (exact) mass is 459 g/mol. The van der Waals surface area contributed by atoms with Crippen molar-refractivity contribution in [3.8, 4) is 11.5 Å². The molecule has 8 nitrogen and oxygen atoms in total. The highest BCUT2D eigenvalue weighted by Crippen LogP contribution is 2.28. The predicted molar refractivity (Wildman–Crippen MR) is 127 cm³/mol. The van der Waals surface area contributed by atoms with E-state index < -0.39 is 15.9 Å². The van der Waals surface area contributed by atoms with E-state index in [1.54, 1.807) is 36.4 Å². The molecule has 0 saturated carbocycles. The van der Waals surface area contributed by atoms with Crippen LogP contribution in [0.2, 0.25) is 0 Å². The summed E-state index contributed by atoms with van der Waals surface area (Å²) in [4.78, 5) is 12.4. The highest BCUT2D eigenvalue weighted by molar-refractivity contribution is 7.92. The Morgan fingerprint density at radius 3 is 2.59 bits per heavy atom. The van der Waals surface area contributed by atoms with E-state index in [0.29, 0.717) is 36.0 Å². The summed E-state index contributed by atoms with van der Waals surface area (Å²) < 4.78 is 36.8. The van der Waals surface area contributed by atoms with E-state index >= 15 is 0 Å². The highest BCUT2D eigenvalue weighted by atomic mass is 32.2. The van der Waals surface area contributed by atoms with Crippen LogP contribution in [0.5, 0.6) is 11.5 Å². The zero-order valence-electron chi connectivity index (χ0n) is 18.8. The van der Waals surface area contributed by atoms with Gasteiger partial charge in [-0.2, -0.15) is 5.10 Å². The van der Waals surface area contributed by atoms with Gasteiger partial charge in [-0.15, -0.1) is 0 Å². The lowest BCUT2D eigenvalue weighted by Gasteiger charge is -2.23. The largest absolute Gasteiger partial charge is 0.490 e. The van der Waals surface area contributed by atoms with Crippen molar-refractivity contribution < 1.29 is 22.7 Å². The maximum atomic E-state index is 12.4. The average molecular weight is 460 g/mol. The minimum absolute atomic E-state index is 0.348. The molecule has 32 heavy (non-hydrogen) atoms. The van der Waals surface area contributed by atoms with E-state index in [0.717, 1.165) is 21.7 Å². The van der Waals surface area contributed by atoms with E-state index in [4.69, 9.17) is 9.47 Å². The molecule has 2 aromatic rings. The van der Waals surface area contributed by atoms with Crippen molar-refractivity contribution in [2.45, 2.75) is 20.8 Å². The molecule has 0 aliphatic carbocycles. The summed E-state index contributed by atoms with van der Waals surface area (Å²) in [6, 6.07) is 10.5. The predicted octanol–water partition coefficient (Wildman–Crippen LogP) is 3.18. The first-order chi connectivity index (χ1) is 15.2. The summed E-state index contributed by atoms with van der Waals surface area (Å²) >= 11 is 0. The molecule has 1 amide bonds. The molecular formula is C23H29N3O5S. The van der Waals surface area contributed by atoms with Crippen LogP contribution in [0.1, 0.15) is 23.6 Å². The zero-order valence-corrected chi connectivity index (χ0v) is 19.6. The fraction of sp³-hybridized carbons (Fsp3) is 0.304. The van der Waals surface area contributed by atoms with Crippen molar-refractivity contribution in [1.29, 1.82) is 0 Å². The maximum absolute atomic E-state index is 12.4. The van der Waals surface area contributed by atoms with Crippen LogP contribution in [-0.2, 0) is 14.8 Å². The molecule has 0 fully saturated rings. The van der Waals surface area contributed by atoms with Gasteiger partial charge in [-0.3, -0.25) is 9.10 Å². The molecule has 2 rings (SSSR count). The Kier molecular flexibility index (Phi) is 8.83. The first-order valence-corrected chi connectivity index (χ1v) is 11.9. The molecule has 172 valence electrons. The Labute approximate surface area is 189 Å². The van der Waals surface area contributed by atoms with Crippen LogP contribution >= 0.6 is 0 Å². The van der Waals surface area contributed by atoms with Crippen LogP contribution < -0.4 is 19.2 Å². The minimum Gasteiger partial charge on any atom is -0.490 e. The van der Waals surface area contributed by atoms with Gasteiger partial charge in [-0.1, -0.05) is 24.8 Å². The third-order valence-corrected chi connectivity index (χ3v) is 5.69. The van der Waals surface area contributed by atoms with Gasteiger partial charge in [0.2, 0.25) is 10.0 Å². The third-order valence-electron chi connectivity index (χ3n) is 4.56. The van der Waals surface area contributed by atoms with E-state index in [1.165, 1.54) is 6.21 Å². The highest BCUT2D eigenvalue weighted by Gasteiger charge is 2.22. The first-order valence-electron chi connectivity index (χ1n) is 10.0. The molecule has 0 spiro atoms. The SMILES string of the molecule is C=CCOc1ccc(/C=N\NC(=O)CN(c2cccc(C)c2C)S(C)(=O)=O)cc1OCC. The summed E-state index contributed by atoms with van der Waals surface area (Å²) in [7, 11) is -3.67. The molecule has 2 aromatic carbocycles. The van der Waals surface area contributed by atoms with Crippen LogP contribution in [0.4, 0.5) is 5.69 Å². The molecule has 9 heteroatoms. The first kappa shape index (κ1) is 24.9. The fourth-order valence-corrected chi connectivity index (χ4v) is 3.78. The minimum atomic E-state index is -3.67. The molecule has 0 bridgehead atoms. The van der Waals surface area contributed by atoms with Gasteiger partial charge in [0.05, 0.1) is 24.8 Å². The second kappa shape index (κ2) is 11.3. The quantitative estimate of drug-likeness (QED) is 0.316. The van der Waals surface area contributed by atoms with Crippen molar-refractivity contribution in [2.75, 3.05) is 30.3 Å². The van der Waals surface area contributed by atoms with Crippen molar-refractivity contribution in [3.63, 3.8) is 0 Å². The zero-order chi connectivity index (χ0) is 23.7. The number of hydrazone groups is 1. The molecule has 0 aromatic heterocycles. The summed E-state index contributed by atoms with van der Waals surface area (Å²) in [6.07, 6.45) is 4.15. The number of aryl methyl sites for hydroxylation is 1. The number of nitrogens with one attached hydrogen (secondary N) is 1. The molecule has 0 aliphatic heterocycles. The van der Waals surface area contributed by atoms with E-state index in [1.807, 2.05) is 26.8 Å². The van der Waals surface area contributed by atoms with Crippen LogP contribution in [0.25, 0.3) is 0 Å². The van der Waals surface area contributed by atoms with Crippen molar-refractivity contribution >= 4 is 27.8 Å². The lowest BCUT2D eigenvalue weighted by molar-refractivity contribution is -0.119. The molecule has 1 N–H and O–H groups in total. The summed E-state index contributed by atoms with van der Waals surface area (Å²) in [5.41, 5.74) is 5.23. The number of nitrogens with zero attached hydrogens (tertiary/aromatic N) is 2. The summed E-state index contributed by atoms with van der Waals surface area (Å²) in [6.45, 7) is 9.60. The lowest BCUT2D eigenvalue weighted by atomic mass is 10.1. The van der Waals surface area contributed by atoms with Gasteiger partial charge in [0.15, 0.2) is 11.5 Å². The van der Waals surface area contributed by atoms with Crippen LogP contribution in [-0.4, -0.2) is 46.6 Å². The Balaban J connectivity index is 2.12. The van der Waals surface area contributed by atoms with Gasteiger partial charge >= 0.3 is 0 Å². The number of carbonyl (C=O) groups excluding carboxylic acids is 1. The molecule has 0 saturated heterocycles. The van der Waals surface area contributed by atoms with Gasteiger partial charge in [-0.05, 0) is 61.7 Å². The topological polar surface area (TPSA) is 97.3 Å². The van der Waals surface area contributed by atoms with Gasteiger partial charge in [-0.25, -0.2) is 13.8 Å². The van der Waals surface area contributed by atoms with Crippen molar-refractivity contribution in [3.05, 3.63) is 65.7 Å². The Morgan fingerprint density at radius 2 is 1.94 bits per heavy atom. The number of anilines is 1. The molecule has 0 atom stereocenters. The summed E-state index contributed by atoms with van der Waals surface area (Å²) in [5.74, 6) is 0.552. The second-order valence-corrected chi connectivity index (χ2v) is 8.93. The van der Waals surface area contributed by atoms with Gasteiger partial charge in [0.25, 0.3) is 5.91 Å². The standard InChI is InChI=1S/C23H29N3O5S/c1-6-13-31-21-12-11-19(14-22(21)30-7-2)15-24-25-23(27)16-26(32(5,28)29)20-10-8-9-17(3)18(20)4/h6,8-12,14-15H,1,7,13,16H2,2-5H3,(H,25,27)/b24-15-. The molecular weight excluding hydrogens is 430 g/mol. The molecule has 0 unspecified atom stereocenters. The number of benzene rings is 2. The molecule has 0 radical (unpaired) electrons. The fourth-order valence-electron chi connectivity index (χ4n) is 2.87. The Bertz CT molecular complexity index is 1100. The van der Waals surface area contributed by atoms with Crippen molar-refractivity contribution in [2.24, 2.45) is 5.10 Å². The Hall–Kier alpha value is -3.33. The number of hydrogen-bond donors (Lipinski definition) is 1. The number of carbonyl (C=O) groups is 1. The van der Waals surface area contributed by atoms with E-state index in [9.17, 15) is 13.2 Å². The smallest absolute Gasteiger partial charge is 0.260 e. The number of ether oxygens (including phenoxy) is 2. The second-order valence-electron chi connectivity index (χ2n) is 7.02. The van der Waals surface area contributed by atoms with Gasteiger partial charge < -0.3 is 9.47 Å². The molecule has 0 aliphatic rings. The van der Waals surface area contributed by atoms with Gasteiger partial charge in [0.1, 0.15) is 13.2 Å². The maximum Gasteiger partial charge on any atom is 0.260 e. The number of hydrogen-bond acceptors (Lipinski definition) is 6. The average Bonchev–Trinajstić information content (AvgIpc) is 2.73. The lowest BCUT2D eigenvalue weighted by Crippen LogP contribution is -2.39.